The summed E-state index contributed by atoms with van der Waals surface area (Å²) in [5, 5.41) is 2.95. The third kappa shape index (κ3) is 3.71. The minimum Gasteiger partial charge on any atom is -0.493 e. The van der Waals surface area contributed by atoms with Crippen LogP contribution in [0.4, 0.5) is 0 Å². The number of ether oxygens (including phenoxy) is 2. The topological polar surface area (TPSA) is 73.6 Å². The number of fused-ring (bicyclic) bond motifs is 1. The smallest absolute Gasteiger partial charge is 0.227 e. The normalized spacial score (nSPS) is 18.8. The lowest BCUT2D eigenvalue weighted by molar-refractivity contribution is -0.123. The number of hydrogen-bond acceptors (Lipinski definition) is 4. The van der Waals surface area contributed by atoms with Crippen LogP contribution in [0.1, 0.15) is 24.3 Å². The number of nitrogens with two attached hydrogens (primary N) is 1. The summed E-state index contributed by atoms with van der Waals surface area (Å²) in [6.45, 7) is 1.66. The third-order valence-electron chi connectivity index (χ3n) is 3.47. The molecule has 0 spiro atoms. The first-order chi connectivity index (χ1) is 9.72. The fourth-order valence-corrected chi connectivity index (χ4v) is 2.42. The van der Waals surface area contributed by atoms with Crippen molar-refractivity contribution >= 4 is 5.91 Å². The molecule has 0 saturated carbocycles. The second kappa shape index (κ2) is 7.26. The summed E-state index contributed by atoms with van der Waals surface area (Å²) in [4.78, 5) is 12.3. The molecule has 0 aromatic heterocycles. The number of carbonyl (C=O) groups excluding carboxylic acids is 1. The largest absolute Gasteiger partial charge is 0.493 e. The number of para-hydroxylation sites is 1. The minimum atomic E-state index is -0.126. The van der Waals surface area contributed by atoms with E-state index < -0.39 is 0 Å². The van der Waals surface area contributed by atoms with Crippen LogP contribution in [0.5, 0.6) is 5.75 Å². The van der Waals surface area contributed by atoms with Crippen molar-refractivity contribution in [1.82, 2.24) is 5.32 Å². The van der Waals surface area contributed by atoms with Crippen LogP contribution in [0.2, 0.25) is 0 Å². The van der Waals surface area contributed by atoms with Gasteiger partial charge in [0, 0.05) is 25.3 Å². The van der Waals surface area contributed by atoms with E-state index in [1.807, 2.05) is 24.3 Å². The molecule has 1 heterocycles. The summed E-state index contributed by atoms with van der Waals surface area (Å²) in [7, 11) is 1.62. The zero-order valence-corrected chi connectivity index (χ0v) is 11.8. The molecule has 2 rings (SSSR count). The van der Waals surface area contributed by atoms with Gasteiger partial charge in [-0.05, 0) is 18.9 Å². The Hall–Kier alpha value is -1.59. The van der Waals surface area contributed by atoms with Gasteiger partial charge in [0.25, 0.3) is 0 Å². The average Bonchev–Trinajstić information content (AvgIpc) is 2.47. The van der Waals surface area contributed by atoms with Crippen molar-refractivity contribution < 1.29 is 14.3 Å². The summed E-state index contributed by atoms with van der Waals surface area (Å²) in [6.07, 6.45) is 1.43. The van der Waals surface area contributed by atoms with Crippen LogP contribution >= 0.6 is 0 Å². The Morgan fingerprint density at radius 1 is 1.55 bits per heavy atom. The number of amides is 1. The van der Waals surface area contributed by atoms with Crippen molar-refractivity contribution in [3.8, 4) is 5.75 Å². The molecule has 1 aromatic rings. The summed E-state index contributed by atoms with van der Waals surface area (Å²) >= 11 is 0. The summed E-state index contributed by atoms with van der Waals surface area (Å²) in [6, 6.07) is 7.67. The molecule has 1 aromatic carbocycles. The molecule has 20 heavy (non-hydrogen) atoms. The molecule has 1 amide bonds. The molecule has 1 aliphatic heterocycles. The predicted molar refractivity (Wildman–Crippen MR) is 76.8 cm³/mol. The van der Waals surface area contributed by atoms with Crippen LogP contribution < -0.4 is 15.8 Å². The Labute approximate surface area is 119 Å². The van der Waals surface area contributed by atoms with Crippen molar-refractivity contribution in [2.75, 3.05) is 26.9 Å². The molecule has 0 radical (unpaired) electrons. The Morgan fingerprint density at radius 3 is 3.15 bits per heavy atom. The highest BCUT2D eigenvalue weighted by Crippen LogP contribution is 2.33. The van der Waals surface area contributed by atoms with E-state index in [0.29, 0.717) is 32.6 Å². The van der Waals surface area contributed by atoms with E-state index in [1.165, 1.54) is 0 Å². The molecule has 2 unspecified atom stereocenters. The average molecular weight is 278 g/mol. The maximum Gasteiger partial charge on any atom is 0.227 e. The van der Waals surface area contributed by atoms with Gasteiger partial charge < -0.3 is 20.5 Å². The van der Waals surface area contributed by atoms with Crippen molar-refractivity contribution in [3.05, 3.63) is 29.8 Å². The first-order valence-corrected chi connectivity index (χ1v) is 6.96. The van der Waals surface area contributed by atoms with E-state index in [-0.39, 0.29) is 17.9 Å². The van der Waals surface area contributed by atoms with E-state index in [2.05, 4.69) is 5.32 Å². The number of nitrogens with one attached hydrogen (secondary N) is 1. The standard InChI is InChI=1S/C15H22N2O3/c1-19-10-11(16)6-8-17-15(18)13-7-9-20-14-5-3-2-4-12(13)14/h2-5,11,13H,6-10,16H2,1H3,(H,17,18). The molecule has 3 N–H and O–H groups in total. The van der Waals surface area contributed by atoms with Gasteiger partial charge in [0.05, 0.1) is 19.1 Å². The minimum absolute atomic E-state index is 0.0396. The van der Waals surface area contributed by atoms with Crippen LogP contribution in [0.25, 0.3) is 0 Å². The van der Waals surface area contributed by atoms with Gasteiger partial charge in [-0.15, -0.1) is 0 Å². The maximum absolute atomic E-state index is 12.3. The molecule has 0 fully saturated rings. The molecule has 110 valence electrons. The third-order valence-corrected chi connectivity index (χ3v) is 3.47. The molecule has 1 aliphatic rings. The Kier molecular flexibility index (Phi) is 5.38. The van der Waals surface area contributed by atoms with Gasteiger partial charge in [-0.3, -0.25) is 4.79 Å². The Balaban J connectivity index is 1.87. The summed E-state index contributed by atoms with van der Waals surface area (Å²) < 4.78 is 10.5. The second-order valence-corrected chi connectivity index (χ2v) is 5.02. The molecule has 2 atom stereocenters. The second-order valence-electron chi connectivity index (χ2n) is 5.02. The molecule has 5 nitrogen and oxygen atoms in total. The SMILES string of the molecule is COCC(N)CCNC(=O)C1CCOc2ccccc21. The van der Waals surface area contributed by atoms with Gasteiger partial charge in [-0.25, -0.2) is 0 Å². The zero-order valence-electron chi connectivity index (χ0n) is 11.8. The number of rotatable bonds is 6. The highest BCUT2D eigenvalue weighted by molar-refractivity contribution is 5.84. The van der Waals surface area contributed by atoms with Crippen LogP contribution in [-0.4, -0.2) is 38.8 Å². The van der Waals surface area contributed by atoms with E-state index in [4.69, 9.17) is 15.2 Å². The van der Waals surface area contributed by atoms with Gasteiger partial charge in [0.15, 0.2) is 0 Å². The molecule has 5 heteroatoms. The first kappa shape index (κ1) is 14.8. The van der Waals surface area contributed by atoms with Crippen molar-refractivity contribution in [2.24, 2.45) is 5.73 Å². The van der Waals surface area contributed by atoms with E-state index >= 15 is 0 Å². The number of methoxy groups -OCH3 is 1. The fourth-order valence-electron chi connectivity index (χ4n) is 2.42. The molecule has 0 aliphatic carbocycles. The van der Waals surface area contributed by atoms with Crippen molar-refractivity contribution in [2.45, 2.75) is 24.8 Å². The van der Waals surface area contributed by atoms with Crippen LogP contribution in [0, 0.1) is 0 Å². The first-order valence-electron chi connectivity index (χ1n) is 6.96. The monoisotopic (exact) mass is 278 g/mol. The number of carbonyl (C=O) groups is 1. The van der Waals surface area contributed by atoms with Crippen LogP contribution in [0.15, 0.2) is 24.3 Å². The zero-order chi connectivity index (χ0) is 14.4. The quantitative estimate of drug-likeness (QED) is 0.815. The highest BCUT2D eigenvalue weighted by Gasteiger charge is 2.27. The predicted octanol–water partition coefficient (Wildman–Crippen LogP) is 1.03. The van der Waals surface area contributed by atoms with Crippen molar-refractivity contribution in [1.29, 1.82) is 0 Å². The van der Waals surface area contributed by atoms with Crippen molar-refractivity contribution in [3.63, 3.8) is 0 Å². The van der Waals surface area contributed by atoms with Gasteiger partial charge in [-0.2, -0.15) is 0 Å². The van der Waals surface area contributed by atoms with E-state index in [0.717, 1.165) is 11.3 Å². The lowest BCUT2D eigenvalue weighted by atomic mass is 9.92. The van der Waals surface area contributed by atoms with Gasteiger partial charge in [0.1, 0.15) is 5.75 Å². The highest BCUT2D eigenvalue weighted by atomic mass is 16.5. The Bertz CT molecular complexity index is 450. The lowest BCUT2D eigenvalue weighted by Crippen LogP contribution is -2.36. The molecular formula is C15H22N2O3. The molecule has 0 bridgehead atoms. The van der Waals surface area contributed by atoms with Gasteiger partial charge >= 0.3 is 0 Å². The van der Waals surface area contributed by atoms with Gasteiger partial charge in [-0.1, -0.05) is 18.2 Å². The fraction of sp³-hybridized carbons (Fsp3) is 0.533. The van der Waals surface area contributed by atoms with Gasteiger partial charge in [0.2, 0.25) is 5.91 Å². The van der Waals surface area contributed by atoms with Crippen LogP contribution in [0.3, 0.4) is 0 Å². The summed E-state index contributed by atoms with van der Waals surface area (Å²) in [5.41, 5.74) is 6.80. The maximum atomic E-state index is 12.3. The number of benzene rings is 1. The van der Waals surface area contributed by atoms with E-state index in [9.17, 15) is 4.79 Å². The lowest BCUT2D eigenvalue weighted by Gasteiger charge is -2.25. The Morgan fingerprint density at radius 2 is 2.35 bits per heavy atom. The molecule has 0 saturated heterocycles. The van der Waals surface area contributed by atoms with Crippen LogP contribution in [-0.2, 0) is 9.53 Å². The summed E-state index contributed by atoms with van der Waals surface area (Å²) in [5.74, 6) is 0.735. The molecular weight excluding hydrogens is 256 g/mol. The number of hydrogen-bond donors (Lipinski definition) is 2. The van der Waals surface area contributed by atoms with E-state index in [1.54, 1.807) is 7.11 Å².